The zero-order valence-corrected chi connectivity index (χ0v) is 34.6. The van der Waals surface area contributed by atoms with E-state index < -0.39 is 0 Å². The minimum Gasteiger partial charge on any atom is -0.466 e. The van der Waals surface area contributed by atoms with Gasteiger partial charge < -0.3 is 9.47 Å². The molecule has 0 aliphatic carbocycles. The Labute approximate surface area is 313 Å². The molecule has 0 fully saturated rings. The van der Waals surface area contributed by atoms with Crippen LogP contribution in [0.4, 0.5) is 0 Å². The quantitative estimate of drug-likeness (QED) is 0.0367. The summed E-state index contributed by atoms with van der Waals surface area (Å²) in [6.45, 7) is 11.9. The van der Waals surface area contributed by atoms with Gasteiger partial charge in [0.2, 0.25) is 0 Å². The van der Waals surface area contributed by atoms with E-state index in [4.69, 9.17) is 9.47 Å². The van der Waals surface area contributed by atoms with Crippen molar-refractivity contribution in [3.8, 4) is 0 Å². The Kier molecular flexibility index (Phi) is 45.9. The van der Waals surface area contributed by atoms with Crippen LogP contribution in [0.5, 0.6) is 0 Å². The molecule has 50 heavy (non-hydrogen) atoms. The Hall–Kier alpha value is -1.58. The zero-order valence-electron chi connectivity index (χ0n) is 34.6. The van der Waals surface area contributed by atoms with E-state index in [-0.39, 0.29) is 11.9 Å². The lowest BCUT2D eigenvalue weighted by molar-refractivity contribution is -0.145. The molecule has 0 bridgehead atoms. The molecule has 0 unspecified atom stereocenters. The Morgan fingerprint density at radius 2 is 0.700 bits per heavy atom. The maximum Gasteiger partial charge on any atom is 0.306 e. The van der Waals surface area contributed by atoms with Gasteiger partial charge in [-0.3, -0.25) is 9.59 Å². The van der Waals surface area contributed by atoms with Crippen molar-refractivity contribution in [3.63, 3.8) is 0 Å². The fourth-order valence-corrected chi connectivity index (χ4v) is 5.86. The molecular formula is C46H88O4. The summed E-state index contributed by atoms with van der Waals surface area (Å²) in [5, 5.41) is 0. The van der Waals surface area contributed by atoms with E-state index in [0.717, 1.165) is 44.9 Å². The van der Waals surface area contributed by atoms with E-state index >= 15 is 0 Å². The SMILES string of the molecule is CCCCCCCCCCC/C=C/CCCCCOC(=O)CC(C)C.CCCCCCCCCCC/C=C/CCCCCOC(=O)CCCC. The first-order valence-corrected chi connectivity index (χ1v) is 22.1. The van der Waals surface area contributed by atoms with Crippen LogP contribution in [0.3, 0.4) is 0 Å². The molecule has 0 aliphatic heterocycles. The summed E-state index contributed by atoms with van der Waals surface area (Å²) < 4.78 is 10.4. The smallest absolute Gasteiger partial charge is 0.306 e. The lowest BCUT2D eigenvalue weighted by atomic mass is 10.1. The number of esters is 2. The van der Waals surface area contributed by atoms with Crippen LogP contribution in [0, 0.1) is 5.92 Å². The third-order valence-electron chi connectivity index (χ3n) is 9.15. The third-order valence-corrected chi connectivity index (χ3v) is 9.15. The van der Waals surface area contributed by atoms with Crippen LogP contribution in [-0.2, 0) is 19.1 Å². The minimum atomic E-state index is -0.0455. The molecule has 0 saturated heterocycles. The number of hydrogen-bond donors (Lipinski definition) is 0. The number of rotatable bonds is 37. The number of carbonyl (C=O) groups is 2. The van der Waals surface area contributed by atoms with Crippen molar-refractivity contribution in [1.29, 1.82) is 0 Å². The monoisotopic (exact) mass is 705 g/mol. The molecule has 0 heterocycles. The van der Waals surface area contributed by atoms with Crippen LogP contribution in [0.25, 0.3) is 0 Å². The molecule has 0 rings (SSSR count). The van der Waals surface area contributed by atoms with Crippen LogP contribution >= 0.6 is 0 Å². The molecule has 4 nitrogen and oxygen atoms in total. The fraction of sp³-hybridized carbons (Fsp3) is 0.870. The van der Waals surface area contributed by atoms with Crippen molar-refractivity contribution in [2.24, 2.45) is 5.92 Å². The largest absolute Gasteiger partial charge is 0.466 e. The van der Waals surface area contributed by atoms with Gasteiger partial charge in [-0.25, -0.2) is 0 Å². The van der Waals surface area contributed by atoms with Crippen molar-refractivity contribution in [2.45, 2.75) is 240 Å². The van der Waals surface area contributed by atoms with Gasteiger partial charge in [-0.05, 0) is 89.4 Å². The average Bonchev–Trinajstić information content (AvgIpc) is 3.10. The molecule has 0 aromatic rings. The predicted octanol–water partition coefficient (Wildman–Crippen LogP) is 15.4. The number of allylic oxidation sites excluding steroid dienone is 4. The van der Waals surface area contributed by atoms with Crippen LogP contribution in [0.15, 0.2) is 24.3 Å². The van der Waals surface area contributed by atoms with Gasteiger partial charge in [0, 0.05) is 12.8 Å². The third kappa shape index (κ3) is 48.5. The average molecular weight is 705 g/mol. The second-order valence-corrected chi connectivity index (χ2v) is 15.0. The van der Waals surface area contributed by atoms with Gasteiger partial charge in [0.25, 0.3) is 0 Å². The van der Waals surface area contributed by atoms with Crippen molar-refractivity contribution in [2.75, 3.05) is 13.2 Å². The lowest BCUT2D eigenvalue weighted by Crippen LogP contribution is -2.08. The van der Waals surface area contributed by atoms with Gasteiger partial charge in [-0.2, -0.15) is 0 Å². The normalized spacial score (nSPS) is 11.4. The summed E-state index contributed by atoms with van der Waals surface area (Å²) in [5.41, 5.74) is 0. The van der Waals surface area contributed by atoms with Crippen molar-refractivity contribution >= 4 is 11.9 Å². The highest BCUT2D eigenvalue weighted by Crippen LogP contribution is 2.13. The Balaban J connectivity index is 0. The maximum atomic E-state index is 11.4. The molecule has 0 radical (unpaired) electrons. The maximum absolute atomic E-state index is 11.4. The van der Waals surface area contributed by atoms with Gasteiger partial charge in [0.15, 0.2) is 0 Å². The van der Waals surface area contributed by atoms with Gasteiger partial charge in [-0.1, -0.05) is 168 Å². The second kappa shape index (κ2) is 45.4. The topological polar surface area (TPSA) is 52.6 Å². The number of ether oxygens (including phenoxy) is 2. The highest BCUT2D eigenvalue weighted by atomic mass is 16.5. The van der Waals surface area contributed by atoms with E-state index in [1.54, 1.807) is 0 Å². The van der Waals surface area contributed by atoms with E-state index in [0.29, 0.717) is 32.0 Å². The molecule has 0 N–H and O–H groups in total. The summed E-state index contributed by atoms with van der Waals surface area (Å²) >= 11 is 0. The molecule has 4 heteroatoms. The number of unbranched alkanes of at least 4 members (excludes halogenated alkanes) is 25. The zero-order chi connectivity index (χ0) is 37.0. The van der Waals surface area contributed by atoms with E-state index in [2.05, 4.69) is 45.1 Å². The summed E-state index contributed by atoms with van der Waals surface area (Å²) in [7, 11) is 0. The van der Waals surface area contributed by atoms with Crippen molar-refractivity contribution in [1.82, 2.24) is 0 Å². The summed E-state index contributed by atoms with van der Waals surface area (Å²) in [4.78, 5) is 22.7. The Bertz CT molecular complexity index is 726. The highest BCUT2D eigenvalue weighted by molar-refractivity contribution is 5.69. The number of hydrogen-bond acceptors (Lipinski definition) is 4. The van der Waals surface area contributed by atoms with Crippen LogP contribution < -0.4 is 0 Å². The fourth-order valence-electron chi connectivity index (χ4n) is 5.86. The van der Waals surface area contributed by atoms with Gasteiger partial charge in [0.1, 0.15) is 0 Å². The molecule has 0 amide bonds. The first-order chi connectivity index (χ1) is 24.5. The Morgan fingerprint density at radius 3 is 1.04 bits per heavy atom. The first-order valence-electron chi connectivity index (χ1n) is 22.1. The second-order valence-electron chi connectivity index (χ2n) is 15.0. The van der Waals surface area contributed by atoms with Gasteiger partial charge in [-0.15, -0.1) is 0 Å². The molecular weight excluding hydrogens is 617 g/mol. The molecule has 296 valence electrons. The van der Waals surface area contributed by atoms with Crippen LogP contribution in [0.1, 0.15) is 240 Å². The first kappa shape index (κ1) is 50.5. The molecule has 0 aromatic carbocycles. The standard InChI is InChI=1S/2C23H44O2/c1-4-5-6-7-8-9-10-11-12-13-14-15-16-17-18-19-20-25-23(24)21-22(2)3;1-3-5-7-8-9-10-11-12-13-14-15-16-17-18-19-20-22-25-23(24)21-6-4-2/h14-15,22H,4-13,16-21H2,1-3H3;15-16H,3-14,17-22H2,1-2H3/b15-14+;16-15+. The van der Waals surface area contributed by atoms with Crippen molar-refractivity contribution < 1.29 is 19.1 Å². The van der Waals surface area contributed by atoms with E-state index in [9.17, 15) is 9.59 Å². The van der Waals surface area contributed by atoms with Crippen molar-refractivity contribution in [3.05, 3.63) is 24.3 Å². The summed E-state index contributed by atoms with van der Waals surface area (Å²) in [6.07, 6.45) is 49.3. The molecule has 0 aromatic heterocycles. The Morgan fingerprint density at radius 1 is 0.400 bits per heavy atom. The predicted molar refractivity (Wildman–Crippen MR) is 220 cm³/mol. The van der Waals surface area contributed by atoms with E-state index in [1.165, 1.54) is 148 Å². The summed E-state index contributed by atoms with van der Waals surface area (Å²) in [5.74, 6) is 0.321. The highest BCUT2D eigenvalue weighted by Gasteiger charge is 2.05. The molecule has 0 saturated carbocycles. The lowest BCUT2D eigenvalue weighted by Gasteiger charge is -2.06. The van der Waals surface area contributed by atoms with Gasteiger partial charge >= 0.3 is 11.9 Å². The van der Waals surface area contributed by atoms with Gasteiger partial charge in [0.05, 0.1) is 13.2 Å². The molecule has 0 spiro atoms. The minimum absolute atomic E-state index is 0.0253. The summed E-state index contributed by atoms with van der Waals surface area (Å²) in [6, 6.07) is 0. The van der Waals surface area contributed by atoms with E-state index in [1.807, 2.05) is 13.8 Å². The van der Waals surface area contributed by atoms with Crippen LogP contribution in [-0.4, -0.2) is 25.2 Å². The molecule has 0 atom stereocenters. The molecule has 0 aliphatic rings. The van der Waals surface area contributed by atoms with Crippen LogP contribution in [0.2, 0.25) is 0 Å². The number of carbonyl (C=O) groups excluding carboxylic acids is 2.